The molecule has 0 aliphatic carbocycles. The van der Waals surface area contributed by atoms with E-state index in [-0.39, 0.29) is 0 Å². The molecule has 4 aromatic rings. The van der Waals surface area contributed by atoms with Crippen LogP contribution in [-0.4, -0.2) is 28.5 Å². The number of hydrogen-bond donors (Lipinski definition) is 4. The number of nitrogens with zero attached hydrogens (tertiary/aromatic N) is 4. The van der Waals surface area contributed by atoms with E-state index >= 15 is 0 Å². The summed E-state index contributed by atoms with van der Waals surface area (Å²) in [4.78, 5) is 0. The summed E-state index contributed by atoms with van der Waals surface area (Å²) in [5.74, 6) is 5.32. The van der Waals surface area contributed by atoms with E-state index in [9.17, 15) is 0 Å². The second-order valence-corrected chi connectivity index (χ2v) is 5.76. The van der Waals surface area contributed by atoms with Gasteiger partial charge >= 0.3 is 0 Å². The highest BCUT2D eigenvalue weighted by Gasteiger charge is 2.05. The molecule has 8 heteroatoms. The van der Waals surface area contributed by atoms with E-state index < -0.39 is 0 Å². The van der Waals surface area contributed by atoms with Crippen molar-refractivity contribution in [3.05, 3.63) is 54.6 Å². The molecule has 0 atom stereocenters. The summed E-state index contributed by atoms with van der Waals surface area (Å²) in [5.41, 5.74) is 6.78. The molecule has 0 radical (unpaired) electrons. The second kappa shape index (κ2) is 7.26. The number of azo groups is 1. The summed E-state index contributed by atoms with van der Waals surface area (Å²) in [6.45, 7) is 1.42. The first-order chi connectivity index (χ1) is 12.8. The minimum absolute atomic E-state index is 0.681. The van der Waals surface area contributed by atoms with Crippen molar-refractivity contribution in [2.24, 2.45) is 16.1 Å². The van der Waals surface area contributed by atoms with Gasteiger partial charge in [-0.3, -0.25) is 11.3 Å². The zero-order chi connectivity index (χ0) is 17.8. The fourth-order valence-electron chi connectivity index (χ4n) is 2.80. The highest BCUT2D eigenvalue weighted by molar-refractivity contribution is 6.00. The largest absolute Gasteiger partial charge is 0.383 e. The van der Waals surface area contributed by atoms with Gasteiger partial charge < -0.3 is 5.32 Å². The molecule has 1 aromatic heterocycles. The molecular formula is C18H18N8. The molecule has 0 saturated carbocycles. The van der Waals surface area contributed by atoms with E-state index in [4.69, 9.17) is 5.84 Å². The van der Waals surface area contributed by atoms with Crippen LogP contribution in [0.2, 0.25) is 0 Å². The Labute approximate surface area is 149 Å². The van der Waals surface area contributed by atoms with Gasteiger partial charge in [0.25, 0.3) is 0 Å². The van der Waals surface area contributed by atoms with Crippen molar-refractivity contribution in [1.82, 2.24) is 20.8 Å². The second-order valence-electron chi connectivity index (χ2n) is 5.76. The van der Waals surface area contributed by atoms with Crippen LogP contribution in [0.4, 0.5) is 17.1 Å². The number of nitrogens with two attached hydrogens (primary N) is 1. The van der Waals surface area contributed by atoms with Crippen LogP contribution in [0.3, 0.4) is 0 Å². The van der Waals surface area contributed by atoms with Gasteiger partial charge in [-0.25, -0.2) is 0 Å². The Balaban J connectivity index is 1.66. The molecule has 26 heavy (non-hydrogen) atoms. The molecule has 130 valence electrons. The van der Waals surface area contributed by atoms with Crippen molar-refractivity contribution < 1.29 is 0 Å². The van der Waals surface area contributed by atoms with Crippen LogP contribution in [0.5, 0.6) is 0 Å². The first-order valence-corrected chi connectivity index (χ1v) is 8.26. The van der Waals surface area contributed by atoms with Gasteiger partial charge in [-0.15, -0.1) is 5.11 Å². The molecule has 0 spiro atoms. The van der Waals surface area contributed by atoms with E-state index in [1.54, 1.807) is 0 Å². The lowest BCUT2D eigenvalue weighted by molar-refractivity contribution is 0.754. The summed E-state index contributed by atoms with van der Waals surface area (Å²) >= 11 is 0. The summed E-state index contributed by atoms with van der Waals surface area (Å²) in [7, 11) is 0. The van der Waals surface area contributed by atoms with Crippen molar-refractivity contribution in [2.75, 3.05) is 18.4 Å². The zero-order valence-electron chi connectivity index (χ0n) is 14.0. The number of H-pyrrole nitrogens is 1. The number of fused-ring (bicyclic) bond motifs is 2. The maximum Gasteiger partial charge on any atom is 0.115 e. The number of rotatable bonds is 6. The maximum atomic E-state index is 5.32. The van der Waals surface area contributed by atoms with E-state index in [1.165, 1.54) is 0 Å². The molecule has 0 bridgehead atoms. The molecule has 0 unspecified atom stereocenters. The summed E-state index contributed by atoms with van der Waals surface area (Å²) in [6.07, 6.45) is 0. The lowest BCUT2D eigenvalue weighted by atomic mass is 10.1. The summed E-state index contributed by atoms with van der Waals surface area (Å²) in [6, 6.07) is 17.6. The minimum Gasteiger partial charge on any atom is -0.383 e. The number of aromatic nitrogens is 3. The highest BCUT2D eigenvalue weighted by Crippen LogP contribution is 2.33. The van der Waals surface area contributed by atoms with Crippen LogP contribution in [-0.2, 0) is 0 Å². The van der Waals surface area contributed by atoms with Gasteiger partial charge in [0.15, 0.2) is 0 Å². The molecule has 0 fully saturated rings. The van der Waals surface area contributed by atoms with Gasteiger partial charge in [0.2, 0.25) is 0 Å². The molecule has 0 aliphatic rings. The average Bonchev–Trinajstić information content (AvgIpc) is 3.15. The van der Waals surface area contributed by atoms with Crippen LogP contribution in [0, 0.1) is 0 Å². The third-order valence-corrected chi connectivity index (χ3v) is 4.06. The molecular weight excluding hydrogens is 328 g/mol. The number of aromatic amines is 1. The third kappa shape index (κ3) is 3.23. The molecule has 5 N–H and O–H groups in total. The van der Waals surface area contributed by atoms with Gasteiger partial charge in [-0.2, -0.15) is 20.5 Å². The van der Waals surface area contributed by atoms with Crippen molar-refractivity contribution in [2.45, 2.75) is 0 Å². The van der Waals surface area contributed by atoms with Gasteiger partial charge in [0.05, 0.1) is 11.4 Å². The minimum atomic E-state index is 0.681. The quantitative estimate of drug-likeness (QED) is 0.185. The van der Waals surface area contributed by atoms with Crippen LogP contribution in [0.25, 0.3) is 21.8 Å². The van der Waals surface area contributed by atoms with Gasteiger partial charge in [0, 0.05) is 29.5 Å². The smallest absolute Gasteiger partial charge is 0.115 e. The molecule has 1 heterocycles. The monoisotopic (exact) mass is 346 g/mol. The first-order valence-electron chi connectivity index (χ1n) is 8.26. The fourth-order valence-corrected chi connectivity index (χ4v) is 2.80. The lowest BCUT2D eigenvalue weighted by Gasteiger charge is -2.10. The predicted octanol–water partition coefficient (Wildman–Crippen LogP) is 3.40. The number of hydrazine groups is 1. The van der Waals surface area contributed by atoms with E-state index in [0.717, 1.165) is 45.4 Å². The summed E-state index contributed by atoms with van der Waals surface area (Å²) < 4.78 is 0. The average molecular weight is 346 g/mol. The lowest BCUT2D eigenvalue weighted by Crippen LogP contribution is -2.28. The standard InChI is InChI=1S/C18H18N8/c19-21-10-9-20-15-7-8-16(14-4-2-1-3-13(14)15)23-22-12-5-6-17-18(11-12)25-26-24-17/h1-8,11,20-21H,9-10,19H2,(H,24,25,26). The Kier molecular flexibility index (Phi) is 4.50. The Morgan fingerprint density at radius 3 is 2.62 bits per heavy atom. The first kappa shape index (κ1) is 16.1. The van der Waals surface area contributed by atoms with Gasteiger partial charge in [-0.1, -0.05) is 24.3 Å². The van der Waals surface area contributed by atoms with Crippen LogP contribution < -0.4 is 16.6 Å². The number of anilines is 1. The van der Waals surface area contributed by atoms with E-state index in [0.29, 0.717) is 6.54 Å². The topological polar surface area (TPSA) is 116 Å². The molecule has 3 aromatic carbocycles. The van der Waals surface area contributed by atoms with Crippen LogP contribution in [0.15, 0.2) is 64.8 Å². The molecule has 8 nitrogen and oxygen atoms in total. The molecule has 4 rings (SSSR count). The van der Waals surface area contributed by atoms with Gasteiger partial charge in [-0.05, 0) is 30.3 Å². The van der Waals surface area contributed by atoms with E-state index in [2.05, 4.69) is 42.4 Å². The molecule has 0 saturated heterocycles. The van der Waals surface area contributed by atoms with Crippen molar-refractivity contribution >= 4 is 38.9 Å². The Morgan fingerprint density at radius 2 is 1.73 bits per heavy atom. The van der Waals surface area contributed by atoms with Crippen molar-refractivity contribution in [1.29, 1.82) is 0 Å². The molecule has 0 amide bonds. The Bertz CT molecular complexity index is 1070. The highest BCUT2D eigenvalue weighted by atomic mass is 15.3. The Morgan fingerprint density at radius 1 is 0.885 bits per heavy atom. The van der Waals surface area contributed by atoms with Crippen molar-refractivity contribution in [3.63, 3.8) is 0 Å². The predicted molar refractivity (Wildman–Crippen MR) is 103 cm³/mol. The Hall–Kier alpha value is -3.36. The number of nitrogens with one attached hydrogen (secondary N) is 3. The van der Waals surface area contributed by atoms with Gasteiger partial charge in [0.1, 0.15) is 11.0 Å². The molecule has 0 aliphatic heterocycles. The van der Waals surface area contributed by atoms with Crippen molar-refractivity contribution in [3.8, 4) is 0 Å². The van der Waals surface area contributed by atoms with Crippen LogP contribution >= 0.6 is 0 Å². The number of benzene rings is 3. The normalized spacial score (nSPS) is 11.6. The maximum absolute atomic E-state index is 5.32. The van der Waals surface area contributed by atoms with E-state index in [1.807, 2.05) is 48.5 Å². The SMILES string of the molecule is NNCCNc1ccc(N=Nc2ccc3n[nH]nc3c2)c2ccccc12. The third-order valence-electron chi connectivity index (χ3n) is 4.06. The number of hydrogen-bond acceptors (Lipinski definition) is 7. The van der Waals surface area contributed by atoms with Crippen LogP contribution in [0.1, 0.15) is 0 Å². The zero-order valence-corrected chi connectivity index (χ0v) is 14.0. The summed E-state index contributed by atoms with van der Waals surface area (Å²) in [5, 5.41) is 25.0. The fraction of sp³-hybridized carbons (Fsp3) is 0.111.